The predicted octanol–water partition coefficient (Wildman–Crippen LogP) is 3.26. The van der Waals surface area contributed by atoms with Crippen LogP contribution in [0, 0.1) is 11.6 Å². The lowest BCUT2D eigenvalue weighted by Crippen LogP contribution is -2.24. The lowest BCUT2D eigenvalue weighted by atomic mass is 10.2. The Morgan fingerprint density at radius 3 is 2.73 bits per heavy atom. The van der Waals surface area contributed by atoms with Crippen LogP contribution in [0.3, 0.4) is 0 Å². The van der Waals surface area contributed by atoms with E-state index in [2.05, 4.69) is 26.5 Å². The second kappa shape index (κ2) is 7.65. The molecule has 0 saturated heterocycles. The van der Waals surface area contributed by atoms with Crippen molar-refractivity contribution in [1.82, 2.24) is 5.43 Å². The first-order valence-corrected chi connectivity index (χ1v) is 7.00. The predicted molar refractivity (Wildman–Crippen MR) is 81.7 cm³/mol. The van der Waals surface area contributed by atoms with Gasteiger partial charge in [-0.05, 0) is 45.8 Å². The number of nitrogens with zero attached hydrogens (tertiary/aromatic N) is 1. The van der Waals surface area contributed by atoms with Crippen molar-refractivity contribution >= 4 is 28.1 Å². The number of hydrazone groups is 1. The SMILES string of the molecule is O=C(COc1ccccc1F)N/N=C\c1ccc(F)c(Br)c1. The number of carbonyl (C=O) groups excluding carboxylic acids is 1. The molecular formula is C15H11BrF2N2O2. The van der Waals surface area contributed by atoms with Crippen molar-refractivity contribution in [2.45, 2.75) is 0 Å². The van der Waals surface area contributed by atoms with Crippen molar-refractivity contribution < 1.29 is 18.3 Å². The number of amides is 1. The van der Waals surface area contributed by atoms with E-state index in [0.29, 0.717) is 10.0 Å². The molecule has 0 spiro atoms. The molecule has 2 aromatic carbocycles. The Kier molecular flexibility index (Phi) is 5.60. The van der Waals surface area contributed by atoms with Gasteiger partial charge in [0.15, 0.2) is 18.2 Å². The Bertz CT molecular complexity index is 708. The maximum absolute atomic E-state index is 13.3. The van der Waals surface area contributed by atoms with Crippen LogP contribution in [0.5, 0.6) is 5.75 Å². The molecule has 0 aliphatic heterocycles. The number of nitrogens with one attached hydrogen (secondary N) is 1. The molecule has 0 unspecified atom stereocenters. The van der Waals surface area contributed by atoms with Crippen molar-refractivity contribution in [1.29, 1.82) is 0 Å². The summed E-state index contributed by atoms with van der Waals surface area (Å²) in [6, 6.07) is 10.1. The summed E-state index contributed by atoms with van der Waals surface area (Å²) >= 11 is 3.04. The van der Waals surface area contributed by atoms with E-state index in [9.17, 15) is 13.6 Å². The van der Waals surface area contributed by atoms with Crippen LogP contribution in [0.15, 0.2) is 52.0 Å². The summed E-state index contributed by atoms with van der Waals surface area (Å²) in [7, 11) is 0. The van der Waals surface area contributed by atoms with E-state index in [1.165, 1.54) is 42.6 Å². The number of hydrogen-bond acceptors (Lipinski definition) is 3. The molecule has 7 heteroatoms. The molecule has 22 heavy (non-hydrogen) atoms. The van der Waals surface area contributed by atoms with Crippen molar-refractivity contribution in [3.8, 4) is 5.75 Å². The second-order valence-corrected chi connectivity index (χ2v) is 5.04. The molecule has 0 heterocycles. The average molecular weight is 369 g/mol. The lowest BCUT2D eigenvalue weighted by Gasteiger charge is -2.05. The van der Waals surface area contributed by atoms with Crippen LogP contribution in [0.25, 0.3) is 0 Å². The van der Waals surface area contributed by atoms with E-state index in [-0.39, 0.29) is 18.2 Å². The van der Waals surface area contributed by atoms with Gasteiger partial charge in [-0.15, -0.1) is 0 Å². The zero-order valence-electron chi connectivity index (χ0n) is 11.2. The largest absolute Gasteiger partial charge is 0.481 e. The molecule has 1 amide bonds. The van der Waals surface area contributed by atoms with E-state index in [1.54, 1.807) is 6.07 Å². The minimum atomic E-state index is -0.546. The van der Waals surface area contributed by atoms with Gasteiger partial charge in [-0.1, -0.05) is 18.2 Å². The summed E-state index contributed by atoms with van der Waals surface area (Å²) in [5, 5.41) is 3.71. The standard InChI is InChI=1S/C15H11BrF2N2O2/c16-11-7-10(5-6-12(11)17)8-19-20-15(21)9-22-14-4-2-1-3-13(14)18/h1-8H,9H2,(H,20,21)/b19-8-. The number of ether oxygens (including phenoxy) is 1. The Balaban J connectivity index is 1.83. The first-order valence-electron chi connectivity index (χ1n) is 6.20. The van der Waals surface area contributed by atoms with E-state index < -0.39 is 11.7 Å². The van der Waals surface area contributed by atoms with E-state index in [0.717, 1.165) is 0 Å². The third kappa shape index (κ3) is 4.63. The van der Waals surface area contributed by atoms with Gasteiger partial charge in [-0.25, -0.2) is 14.2 Å². The van der Waals surface area contributed by atoms with Crippen LogP contribution in [-0.4, -0.2) is 18.7 Å². The highest BCUT2D eigenvalue weighted by Crippen LogP contribution is 2.16. The van der Waals surface area contributed by atoms with Crippen LogP contribution in [0.2, 0.25) is 0 Å². The van der Waals surface area contributed by atoms with Gasteiger partial charge in [0, 0.05) is 0 Å². The van der Waals surface area contributed by atoms with Crippen molar-refractivity contribution in [3.63, 3.8) is 0 Å². The normalized spacial score (nSPS) is 10.7. The molecule has 0 saturated carbocycles. The Morgan fingerprint density at radius 2 is 2.00 bits per heavy atom. The molecule has 0 atom stereocenters. The zero-order chi connectivity index (χ0) is 15.9. The molecule has 0 fully saturated rings. The molecule has 0 bridgehead atoms. The minimum absolute atomic E-state index is 0.0101. The molecule has 2 rings (SSSR count). The quantitative estimate of drug-likeness (QED) is 0.650. The molecule has 0 radical (unpaired) electrons. The van der Waals surface area contributed by atoms with Gasteiger partial charge in [0.2, 0.25) is 0 Å². The van der Waals surface area contributed by atoms with E-state index in [4.69, 9.17) is 4.74 Å². The van der Waals surface area contributed by atoms with Crippen LogP contribution >= 0.6 is 15.9 Å². The third-order valence-corrected chi connectivity index (χ3v) is 3.15. The van der Waals surface area contributed by atoms with Crippen molar-refractivity contribution in [3.05, 3.63) is 64.1 Å². The summed E-state index contributed by atoms with van der Waals surface area (Å²) in [5.74, 6) is -1.49. The van der Waals surface area contributed by atoms with E-state index in [1.807, 2.05) is 0 Å². The van der Waals surface area contributed by atoms with Crippen molar-refractivity contribution in [2.75, 3.05) is 6.61 Å². The lowest BCUT2D eigenvalue weighted by molar-refractivity contribution is -0.123. The third-order valence-electron chi connectivity index (χ3n) is 2.54. The monoisotopic (exact) mass is 368 g/mol. The summed E-state index contributed by atoms with van der Waals surface area (Å²) in [4.78, 5) is 11.5. The fourth-order valence-corrected chi connectivity index (χ4v) is 1.91. The molecule has 114 valence electrons. The highest BCUT2D eigenvalue weighted by Gasteiger charge is 2.05. The summed E-state index contributed by atoms with van der Waals surface area (Å²) < 4.78 is 31.6. The molecule has 1 N–H and O–H groups in total. The van der Waals surface area contributed by atoms with Crippen molar-refractivity contribution in [2.24, 2.45) is 5.10 Å². The van der Waals surface area contributed by atoms with Gasteiger partial charge >= 0.3 is 0 Å². The number of rotatable bonds is 5. The molecular weight excluding hydrogens is 358 g/mol. The van der Waals surface area contributed by atoms with Gasteiger partial charge in [-0.2, -0.15) is 5.10 Å². The first-order chi connectivity index (χ1) is 10.6. The number of carbonyl (C=O) groups is 1. The summed E-state index contributed by atoms with van der Waals surface area (Å²) in [6.45, 7) is -0.370. The topological polar surface area (TPSA) is 50.7 Å². The van der Waals surface area contributed by atoms with Crippen LogP contribution in [-0.2, 0) is 4.79 Å². The van der Waals surface area contributed by atoms with Gasteiger partial charge in [-0.3, -0.25) is 4.79 Å². The number of hydrogen-bond donors (Lipinski definition) is 1. The number of benzene rings is 2. The van der Waals surface area contributed by atoms with Crippen LogP contribution < -0.4 is 10.2 Å². The fourth-order valence-electron chi connectivity index (χ4n) is 1.51. The average Bonchev–Trinajstić information content (AvgIpc) is 2.50. The van der Waals surface area contributed by atoms with Crippen LogP contribution in [0.4, 0.5) is 8.78 Å². The van der Waals surface area contributed by atoms with Gasteiger partial charge in [0.1, 0.15) is 5.82 Å². The second-order valence-electron chi connectivity index (χ2n) is 4.19. The highest BCUT2D eigenvalue weighted by atomic mass is 79.9. The summed E-state index contributed by atoms with van der Waals surface area (Å²) in [6.07, 6.45) is 1.35. The van der Waals surface area contributed by atoms with E-state index >= 15 is 0 Å². The van der Waals surface area contributed by atoms with Gasteiger partial charge in [0.05, 0.1) is 10.7 Å². The Hall–Kier alpha value is -2.28. The number of para-hydroxylation sites is 1. The highest BCUT2D eigenvalue weighted by molar-refractivity contribution is 9.10. The minimum Gasteiger partial charge on any atom is -0.481 e. The number of halogens is 3. The first kappa shape index (κ1) is 16.1. The maximum Gasteiger partial charge on any atom is 0.277 e. The van der Waals surface area contributed by atoms with Gasteiger partial charge < -0.3 is 4.74 Å². The smallest absolute Gasteiger partial charge is 0.277 e. The Labute approximate surface area is 133 Å². The van der Waals surface area contributed by atoms with Gasteiger partial charge in [0.25, 0.3) is 5.91 Å². The maximum atomic E-state index is 13.3. The summed E-state index contributed by atoms with van der Waals surface area (Å²) in [5.41, 5.74) is 2.83. The molecule has 0 aromatic heterocycles. The zero-order valence-corrected chi connectivity index (χ0v) is 12.8. The molecule has 0 aliphatic carbocycles. The molecule has 4 nitrogen and oxygen atoms in total. The molecule has 2 aromatic rings. The molecule has 0 aliphatic rings. The Morgan fingerprint density at radius 1 is 1.23 bits per heavy atom. The fraction of sp³-hybridized carbons (Fsp3) is 0.0667. The van der Waals surface area contributed by atoms with Crippen LogP contribution in [0.1, 0.15) is 5.56 Å².